The molecule has 2 aromatic rings. The number of nitrogens with zero attached hydrogens (tertiary/aromatic N) is 1. The van der Waals surface area contributed by atoms with Gasteiger partial charge in [-0.05, 0) is 42.0 Å². The Morgan fingerprint density at radius 1 is 1.19 bits per heavy atom. The topological polar surface area (TPSA) is 100 Å². The molecule has 0 radical (unpaired) electrons. The highest BCUT2D eigenvalue weighted by Gasteiger charge is 2.24. The Kier molecular flexibility index (Phi) is 4.98. The third-order valence-electron chi connectivity index (χ3n) is 3.50. The summed E-state index contributed by atoms with van der Waals surface area (Å²) in [6.45, 7) is -0.193. The van der Waals surface area contributed by atoms with Crippen molar-refractivity contribution in [3.05, 3.63) is 65.4 Å². The molecule has 2 N–H and O–H groups in total. The zero-order valence-electron chi connectivity index (χ0n) is 14.0. The SMILES string of the molecule is COc1cccc(C2=N/C(=C/c3ccc(OCC(N)=O)cc3)C(=O)O2)c1. The van der Waals surface area contributed by atoms with Gasteiger partial charge in [-0.15, -0.1) is 0 Å². The van der Waals surface area contributed by atoms with E-state index >= 15 is 0 Å². The number of esters is 1. The number of primary amides is 1. The molecule has 0 atom stereocenters. The molecule has 0 unspecified atom stereocenters. The fraction of sp³-hybridized carbons (Fsp3) is 0.105. The molecule has 0 bridgehead atoms. The number of carbonyl (C=O) groups excluding carboxylic acids is 2. The number of cyclic esters (lactones) is 1. The van der Waals surface area contributed by atoms with Crippen molar-refractivity contribution in [2.75, 3.05) is 13.7 Å². The van der Waals surface area contributed by atoms with Gasteiger partial charge in [0.1, 0.15) is 11.5 Å². The van der Waals surface area contributed by atoms with Gasteiger partial charge in [-0.25, -0.2) is 9.79 Å². The number of aliphatic imine (C=N–C) groups is 1. The van der Waals surface area contributed by atoms with E-state index in [1.807, 2.05) is 0 Å². The fourth-order valence-corrected chi connectivity index (χ4v) is 2.26. The molecule has 1 aliphatic rings. The molecule has 7 heteroatoms. The third kappa shape index (κ3) is 4.07. The molecule has 1 aliphatic heterocycles. The number of methoxy groups -OCH3 is 1. The zero-order valence-corrected chi connectivity index (χ0v) is 14.0. The highest BCUT2D eigenvalue weighted by atomic mass is 16.6. The van der Waals surface area contributed by atoms with Gasteiger partial charge in [-0.3, -0.25) is 4.79 Å². The van der Waals surface area contributed by atoms with E-state index in [9.17, 15) is 9.59 Å². The van der Waals surface area contributed by atoms with Crippen LogP contribution in [0.25, 0.3) is 6.08 Å². The van der Waals surface area contributed by atoms with E-state index in [0.717, 1.165) is 5.56 Å². The summed E-state index contributed by atoms with van der Waals surface area (Å²) in [4.78, 5) is 27.0. The normalized spacial score (nSPS) is 14.7. The van der Waals surface area contributed by atoms with Crippen LogP contribution in [-0.4, -0.2) is 31.5 Å². The minimum absolute atomic E-state index is 0.189. The quantitative estimate of drug-likeness (QED) is 0.632. The zero-order chi connectivity index (χ0) is 18.5. The van der Waals surface area contributed by atoms with E-state index in [0.29, 0.717) is 17.1 Å². The lowest BCUT2D eigenvalue weighted by molar-refractivity contribution is -0.130. The average Bonchev–Trinajstić information content (AvgIpc) is 3.02. The fourth-order valence-electron chi connectivity index (χ4n) is 2.26. The van der Waals surface area contributed by atoms with Crippen LogP contribution in [0.2, 0.25) is 0 Å². The lowest BCUT2D eigenvalue weighted by atomic mass is 10.2. The molecule has 1 heterocycles. The third-order valence-corrected chi connectivity index (χ3v) is 3.50. The molecule has 2 aromatic carbocycles. The first-order valence-electron chi connectivity index (χ1n) is 7.73. The van der Waals surface area contributed by atoms with Gasteiger partial charge in [0.2, 0.25) is 5.90 Å². The molecule has 1 amide bonds. The van der Waals surface area contributed by atoms with Crippen LogP contribution in [0, 0.1) is 0 Å². The van der Waals surface area contributed by atoms with Crippen molar-refractivity contribution in [3.63, 3.8) is 0 Å². The summed E-state index contributed by atoms with van der Waals surface area (Å²) in [6.07, 6.45) is 1.60. The summed E-state index contributed by atoms with van der Waals surface area (Å²) >= 11 is 0. The number of amides is 1. The van der Waals surface area contributed by atoms with Crippen LogP contribution in [0.15, 0.2) is 59.2 Å². The Morgan fingerprint density at radius 3 is 2.65 bits per heavy atom. The first kappa shape index (κ1) is 17.2. The first-order valence-corrected chi connectivity index (χ1v) is 7.73. The molecule has 132 valence electrons. The van der Waals surface area contributed by atoms with Gasteiger partial charge in [0.05, 0.1) is 7.11 Å². The molecule has 0 fully saturated rings. The Bertz CT molecular complexity index is 900. The van der Waals surface area contributed by atoms with Crippen molar-refractivity contribution in [1.82, 2.24) is 0 Å². The van der Waals surface area contributed by atoms with E-state index in [1.54, 1.807) is 61.7 Å². The average molecular weight is 352 g/mol. The molecule has 0 aromatic heterocycles. The highest BCUT2D eigenvalue weighted by Crippen LogP contribution is 2.22. The number of benzene rings is 2. The molecule has 0 spiro atoms. The van der Waals surface area contributed by atoms with Gasteiger partial charge >= 0.3 is 5.97 Å². The van der Waals surface area contributed by atoms with E-state index in [-0.39, 0.29) is 18.2 Å². The van der Waals surface area contributed by atoms with Gasteiger partial charge in [-0.1, -0.05) is 18.2 Å². The van der Waals surface area contributed by atoms with Crippen molar-refractivity contribution < 1.29 is 23.8 Å². The van der Waals surface area contributed by atoms with Crippen molar-refractivity contribution in [3.8, 4) is 11.5 Å². The highest BCUT2D eigenvalue weighted by molar-refractivity contribution is 6.12. The smallest absolute Gasteiger partial charge is 0.363 e. The maximum atomic E-state index is 12.0. The van der Waals surface area contributed by atoms with E-state index in [4.69, 9.17) is 19.9 Å². The number of ether oxygens (including phenoxy) is 3. The Morgan fingerprint density at radius 2 is 1.96 bits per heavy atom. The van der Waals surface area contributed by atoms with Gasteiger partial charge < -0.3 is 19.9 Å². The molecule has 7 nitrogen and oxygen atoms in total. The molecule has 26 heavy (non-hydrogen) atoms. The molecular weight excluding hydrogens is 336 g/mol. The Labute approximate surface area is 149 Å². The maximum absolute atomic E-state index is 12.0. The summed E-state index contributed by atoms with van der Waals surface area (Å²) < 4.78 is 15.6. The largest absolute Gasteiger partial charge is 0.497 e. The monoisotopic (exact) mass is 352 g/mol. The molecule has 0 aliphatic carbocycles. The lowest BCUT2D eigenvalue weighted by Gasteiger charge is -2.03. The Hall–Kier alpha value is -3.61. The summed E-state index contributed by atoms with van der Waals surface area (Å²) in [7, 11) is 1.56. The molecule has 0 saturated heterocycles. The number of hydrogen-bond donors (Lipinski definition) is 1. The van der Waals surface area contributed by atoms with Crippen LogP contribution < -0.4 is 15.2 Å². The lowest BCUT2D eigenvalue weighted by Crippen LogP contribution is -2.19. The second kappa shape index (κ2) is 7.52. The van der Waals surface area contributed by atoms with Crippen LogP contribution in [0.1, 0.15) is 11.1 Å². The van der Waals surface area contributed by atoms with Gasteiger partial charge in [0, 0.05) is 5.56 Å². The first-order chi connectivity index (χ1) is 12.5. The van der Waals surface area contributed by atoms with Crippen LogP contribution in [0.4, 0.5) is 0 Å². The van der Waals surface area contributed by atoms with Crippen molar-refractivity contribution >= 4 is 23.9 Å². The van der Waals surface area contributed by atoms with Gasteiger partial charge in [0.15, 0.2) is 12.3 Å². The predicted octanol–water partition coefficient (Wildman–Crippen LogP) is 1.90. The standard InChI is InChI=1S/C19H16N2O5/c1-24-15-4-2-3-13(10-15)18-21-16(19(23)26-18)9-12-5-7-14(8-6-12)25-11-17(20)22/h2-10H,11H2,1H3,(H2,20,22)/b16-9+. The minimum atomic E-state index is -0.552. The molecular formula is C19H16N2O5. The Balaban J connectivity index is 1.78. The van der Waals surface area contributed by atoms with Crippen LogP contribution in [0.5, 0.6) is 11.5 Å². The van der Waals surface area contributed by atoms with Gasteiger partial charge in [-0.2, -0.15) is 0 Å². The second-order valence-electron chi connectivity index (χ2n) is 5.39. The van der Waals surface area contributed by atoms with Crippen LogP contribution in [0.3, 0.4) is 0 Å². The van der Waals surface area contributed by atoms with Crippen molar-refractivity contribution in [2.24, 2.45) is 10.7 Å². The predicted molar refractivity (Wildman–Crippen MR) is 94.7 cm³/mol. The van der Waals surface area contributed by atoms with Crippen molar-refractivity contribution in [1.29, 1.82) is 0 Å². The van der Waals surface area contributed by atoms with E-state index < -0.39 is 11.9 Å². The van der Waals surface area contributed by atoms with Crippen LogP contribution >= 0.6 is 0 Å². The number of carbonyl (C=O) groups is 2. The number of nitrogens with two attached hydrogens (primary N) is 1. The van der Waals surface area contributed by atoms with E-state index in [2.05, 4.69) is 4.99 Å². The molecule has 3 rings (SSSR count). The van der Waals surface area contributed by atoms with Crippen molar-refractivity contribution in [2.45, 2.75) is 0 Å². The number of hydrogen-bond acceptors (Lipinski definition) is 6. The summed E-state index contributed by atoms with van der Waals surface area (Å²) in [6, 6.07) is 13.9. The second-order valence-corrected chi connectivity index (χ2v) is 5.39. The van der Waals surface area contributed by atoms with Gasteiger partial charge in [0.25, 0.3) is 5.91 Å². The summed E-state index contributed by atoms with van der Waals surface area (Å²) in [5.41, 5.74) is 6.60. The minimum Gasteiger partial charge on any atom is -0.497 e. The number of rotatable bonds is 6. The van der Waals surface area contributed by atoms with E-state index in [1.165, 1.54) is 0 Å². The maximum Gasteiger partial charge on any atom is 0.363 e. The molecule has 0 saturated carbocycles. The summed E-state index contributed by atoms with van der Waals surface area (Å²) in [5.74, 6) is 0.286. The van der Waals surface area contributed by atoms with Crippen LogP contribution in [-0.2, 0) is 14.3 Å². The summed E-state index contributed by atoms with van der Waals surface area (Å²) in [5, 5.41) is 0.